The maximum atomic E-state index is 12.1. The molecular formula is C21H25ClN2OS. The molecule has 1 N–H and O–H groups in total. The summed E-state index contributed by atoms with van der Waals surface area (Å²) in [6.07, 6.45) is 5.69. The van der Waals surface area contributed by atoms with Crippen LogP contribution in [-0.4, -0.2) is 24.7 Å². The molecule has 0 aromatic heterocycles. The van der Waals surface area contributed by atoms with E-state index in [0.717, 1.165) is 34.4 Å². The van der Waals surface area contributed by atoms with E-state index in [9.17, 15) is 4.79 Å². The van der Waals surface area contributed by atoms with Crippen LogP contribution in [0, 0.1) is 0 Å². The molecule has 5 heteroatoms. The largest absolute Gasteiger partial charge is 0.372 e. The zero-order valence-corrected chi connectivity index (χ0v) is 16.5. The second kappa shape index (κ2) is 9.89. The van der Waals surface area contributed by atoms with Crippen LogP contribution in [0.1, 0.15) is 32.1 Å². The van der Waals surface area contributed by atoms with Crippen LogP contribution in [0.5, 0.6) is 0 Å². The highest BCUT2D eigenvalue weighted by molar-refractivity contribution is 7.99. The number of halogens is 1. The third-order valence-electron chi connectivity index (χ3n) is 4.53. The Morgan fingerprint density at radius 1 is 0.962 bits per heavy atom. The second-order valence-corrected chi connectivity index (χ2v) is 8.15. The summed E-state index contributed by atoms with van der Waals surface area (Å²) in [6, 6.07) is 15.9. The fourth-order valence-electron chi connectivity index (χ4n) is 3.10. The molecule has 0 atom stereocenters. The van der Waals surface area contributed by atoms with Crippen LogP contribution >= 0.6 is 23.4 Å². The van der Waals surface area contributed by atoms with Gasteiger partial charge in [0.25, 0.3) is 0 Å². The van der Waals surface area contributed by atoms with Crippen molar-refractivity contribution in [2.75, 3.05) is 29.1 Å². The van der Waals surface area contributed by atoms with Crippen molar-refractivity contribution in [3.05, 3.63) is 53.6 Å². The van der Waals surface area contributed by atoms with Gasteiger partial charge in [0, 0.05) is 46.6 Å². The number of nitrogens with one attached hydrogen (secondary N) is 1. The first-order valence-corrected chi connectivity index (χ1v) is 10.6. The SMILES string of the molecule is O=C(CCSc1ccc(Cl)cc1)Nc1ccc(N2CCCCCC2)cc1. The molecule has 0 unspecified atom stereocenters. The molecule has 0 radical (unpaired) electrons. The number of hydrogen-bond donors (Lipinski definition) is 1. The van der Waals surface area contributed by atoms with Crippen molar-refractivity contribution in [2.45, 2.75) is 37.0 Å². The van der Waals surface area contributed by atoms with Gasteiger partial charge >= 0.3 is 0 Å². The molecule has 1 saturated heterocycles. The van der Waals surface area contributed by atoms with Crippen molar-refractivity contribution in [2.24, 2.45) is 0 Å². The van der Waals surface area contributed by atoms with E-state index in [2.05, 4.69) is 22.3 Å². The Morgan fingerprint density at radius 2 is 1.62 bits per heavy atom. The monoisotopic (exact) mass is 388 g/mol. The summed E-state index contributed by atoms with van der Waals surface area (Å²) in [5.74, 6) is 0.799. The van der Waals surface area contributed by atoms with Crippen LogP contribution in [0.4, 0.5) is 11.4 Å². The van der Waals surface area contributed by atoms with Crippen LogP contribution in [-0.2, 0) is 4.79 Å². The predicted octanol–water partition coefficient (Wildman–Crippen LogP) is 5.84. The predicted molar refractivity (Wildman–Crippen MR) is 113 cm³/mol. The van der Waals surface area contributed by atoms with Gasteiger partial charge in [0.05, 0.1) is 0 Å². The van der Waals surface area contributed by atoms with Crippen molar-refractivity contribution in [3.63, 3.8) is 0 Å². The molecule has 1 fully saturated rings. The molecule has 0 saturated carbocycles. The van der Waals surface area contributed by atoms with Gasteiger partial charge in [0.2, 0.25) is 5.91 Å². The molecule has 2 aromatic carbocycles. The second-order valence-electron chi connectivity index (χ2n) is 6.55. The molecule has 1 amide bonds. The fraction of sp³-hybridized carbons (Fsp3) is 0.381. The Hall–Kier alpha value is -1.65. The van der Waals surface area contributed by atoms with Crippen LogP contribution in [0.15, 0.2) is 53.4 Å². The lowest BCUT2D eigenvalue weighted by molar-refractivity contribution is -0.115. The minimum atomic E-state index is 0.0500. The van der Waals surface area contributed by atoms with Gasteiger partial charge in [-0.25, -0.2) is 0 Å². The van der Waals surface area contributed by atoms with E-state index in [0.29, 0.717) is 6.42 Å². The average molecular weight is 389 g/mol. The van der Waals surface area contributed by atoms with Crippen molar-refractivity contribution in [3.8, 4) is 0 Å². The third kappa shape index (κ3) is 5.96. The van der Waals surface area contributed by atoms with E-state index >= 15 is 0 Å². The Labute approximate surface area is 165 Å². The molecule has 1 heterocycles. The molecule has 26 heavy (non-hydrogen) atoms. The van der Waals surface area contributed by atoms with Gasteiger partial charge in [-0.05, 0) is 61.4 Å². The first kappa shape index (κ1) is 19.1. The van der Waals surface area contributed by atoms with E-state index in [1.54, 1.807) is 11.8 Å². The summed E-state index contributed by atoms with van der Waals surface area (Å²) >= 11 is 7.54. The van der Waals surface area contributed by atoms with Crippen molar-refractivity contribution in [1.82, 2.24) is 0 Å². The standard InChI is InChI=1S/C21H25ClN2OS/c22-17-5-11-20(12-6-17)26-16-13-21(25)23-18-7-9-19(10-8-18)24-14-3-1-2-4-15-24/h5-12H,1-4,13-16H2,(H,23,25). The number of rotatable bonds is 6. The third-order valence-corrected chi connectivity index (χ3v) is 5.80. The molecule has 1 aliphatic rings. The lowest BCUT2D eigenvalue weighted by Crippen LogP contribution is -2.23. The molecule has 3 rings (SSSR count). The van der Waals surface area contributed by atoms with Crippen LogP contribution in [0.2, 0.25) is 5.02 Å². The number of benzene rings is 2. The Bertz CT molecular complexity index is 695. The molecule has 138 valence electrons. The van der Waals surface area contributed by atoms with E-state index in [1.807, 2.05) is 36.4 Å². The summed E-state index contributed by atoms with van der Waals surface area (Å²) in [4.78, 5) is 15.7. The minimum Gasteiger partial charge on any atom is -0.372 e. The van der Waals surface area contributed by atoms with Gasteiger partial charge in [-0.3, -0.25) is 4.79 Å². The molecule has 0 aliphatic carbocycles. The lowest BCUT2D eigenvalue weighted by atomic mass is 10.2. The number of nitrogens with zero attached hydrogens (tertiary/aromatic N) is 1. The topological polar surface area (TPSA) is 32.3 Å². The van der Waals surface area contributed by atoms with Crippen LogP contribution in [0.3, 0.4) is 0 Å². The van der Waals surface area contributed by atoms with E-state index in [1.165, 1.54) is 31.4 Å². The highest BCUT2D eigenvalue weighted by Crippen LogP contribution is 2.23. The summed E-state index contributed by atoms with van der Waals surface area (Å²) in [5.41, 5.74) is 2.12. The number of anilines is 2. The van der Waals surface area contributed by atoms with Crippen molar-refractivity contribution < 1.29 is 4.79 Å². The first-order valence-electron chi connectivity index (χ1n) is 9.24. The number of carbonyl (C=O) groups is 1. The summed E-state index contributed by atoms with van der Waals surface area (Å²) in [7, 11) is 0. The van der Waals surface area contributed by atoms with Crippen LogP contribution in [0.25, 0.3) is 0 Å². The quantitative estimate of drug-likeness (QED) is 0.630. The number of carbonyl (C=O) groups excluding carboxylic acids is 1. The van der Waals surface area contributed by atoms with Crippen molar-refractivity contribution >= 4 is 40.6 Å². The Kier molecular flexibility index (Phi) is 7.27. The van der Waals surface area contributed by atoms with Crippen LogP contribution < -0.4 is 10.2 Å². The summed E-state index contributed by atoms with van der Waals surface area (Å²) in [5, 5.41) is 3.72. The van der Waals surface area contributed by atoms with Gasteiger partial charge in [0.15, 0.2) is 0 Å². The maximum Gasteiger partial charge on any atom is 0.225 e. The lowest BCUT2D eigenvalue weighted by Gasteiger charge is -2.22. The molecule has 0 spiro atoms. The molecule has 3 nitrogen and oxygen atoms in total. The van der Waals surface area contributed by atoms with Gasteiger partial charge in [-0.2, -0.15) is 0 Å². The minimum absolute atomic E-state index is 0.0500. The van der Waals surface area contributed by atoms with E-state index in [-0.39, 0.29) is 5.91 Å². The summed E-state index contributed by atoms with van der Waals surface area (Å²) < 4.78 is 0. The number of hydrogen-bond acceptors (Lipinski definition) is 3. The molecule has 1 aliphatic heterocycles. The zero-order chi connectivity index (χ0) is 18.2. The summed E-state index contributed by atoms with van der Waals surface area (Å²) in [6.45, 7) is 2.27. The molecule has 0 bridgehead atoms. The number of thioether (sulfide) groups is 1. The Balaban J connectivity index is 1.44. The van der Waals surface area contributed by atoms with Gasteiger partial charge in [-0.15, -0.1) is 11.8 Å². The van der Waals surface area contributed by atoms with Gasteiger partial charge in [0.1, 0.15) is 0 Å². The smallest absolute Gasteiger partial charge is 0.225 e. The first-order chi connectivity index (χ1) is 12.7. The van der Waals surface area contributed by atoms with Gasteiger partial charge in [-0.1, -0.05) is 24.4 Å². The molecular weight excluding hydrogens is 364 g/mol. The van der Waals surface area contributed by atoms with E-state index in [4.69, 9.17) is 11.6 Å². The number of amides is 1. The van der Waals surface area contributed by atoms with Gasteiger partial charge < -0.3 is 10.2 Å². The maximum absolute atomic E-state index is 12.1. The van der Waals surface area contributed by atoms with Crippen molar-refractivity contribution in [1.29, 1.82) is 0 Å². The zero-order valence-electron chi connectivity index (χ0n) is 14.9. The highest BCUT2D eigenvalue weighted by Gasteiger charge is 2.10. The fourth-order valence-corrected chi connectivity index (χ4v) is 4.08. The normalized spacial score (nSPS) is 14.7. The van der Waals surface area contributed by atoms with E-state index < -0.39 is 0 Å². The molecule has 2 aromatic rings. The highest BCUT2D eigenvalue weighted by atomic mass is 35.5. The average Bonchev–Trinajstić information content (AvgIpc) is 2.93. The Morgan fingerprint density at radius 3 is 2.27 bits per heavy atom.